The van der Waals surface area contributed by atoms with E-state index in [1.807, 2.05) is 36.2 Å². The molecule has 6 heteroatoms. The summed E-state index contributed by atoms with van der Waals surface area (Å²) in [5.41, 5.74) is 5.15. The number of likely N-dealkylation sites (tertiary alicyclic amines) is 1. The second-order valence-corrected chi connectivity index (χ2v) is 8.63. The van der Waals surface area contributed by atoms with E-state index in [0.717, 1.165) is 78.6 Å². The van der Waals surface area contributed by atoms with Crippen LogP contribution in [0.1, 0.15) is 40.1 Å². The molecule has 0 saturated carbocycles. The van der Waals surface area contributed by atoms with Crippen molar-refractivity contribution in [3.63, 3.8) is 0 Å². The number of benzene rings is 2. The molecule has 5 rings (SSSR count). The maximum atomic E-state index is 12.8. The predicted molar refractivity (Wildman–Crippen MR) is 122 cm³/mol. The number of rotatable bonds is 6. The lowest BCUT2D eigenvalue weighted by molar-refractivity contribution is 0.0793. The minimum absolute atomic E-state index is 0.135. The van der Waals surface area contributed by atoms with Crippen LogP contribution >= 0.6 is 0 Å². The Morgan fingerprint density at radius 3 is 2.87 bits per heavy atom. The van der Waals surface area contributed by atoms with Gasteiger partial charge in [0, 0.05) is 48.1 Å². The molecule has 1 amide bonds. The Kier molecular flexibility index (Phi) is 5.24. The third-order valence-electron chi connectivity index (χ3n) is 6.33. The van der Waals surface area contributed by atoms with Crippen LogP contribution in [0.25, 0.3) is 21.9 Å². The molecule has 1 fully saturated rings. The highest BCUT2D eigenvalue weighted by atomic mass is 16.3. The first-order valence-electron chi connectivity index (χ1n) is 11.0. The first-order valence-corrected chi connectivity index (χ1v) is 11.0. The SMILES string of the molecule is Cc1oc2ccc(C(=O)N3CCCC3)cc2c1CCN(C)Cc1ccc2[nH]ncc2c1. The molecule has 0 atom stereocenters. The molecular weight excluding hydrogens is 388 g/mol. The molecule has 0 spiro atoms. The fraction of sp³-hybridized carbons (Fsp3) is 0.360. The second-order valence-electron chi connectivity index (χ2n) is 8.63. The van der Waals surface area contributed by atoms with Gasteiger partial charge in [0.1, 0.15) is 11.3 Å². The fourth-order valence-corrected chi connectivity index (χ4v) is 4.60. The van der Waals surface area contributed by atoms with Gasteiger partial charge in [-0.25, -0.2) is 0 Å². The maximum Gasteiger partial charge on any atom is 0.253 e. The minimum atomic E-state index is 0.135. The molecule has 0 aliphatic carbocycles. The highest BCUT2D eigenvalue weighted by Crippen LogP contribution is 2.28. The molecule has 160 valence electrons. The van der Waals surface area contributed by atoms with Crippen LogP contribution in [-0.4, -0.2) is 52.6 Å². The van der Waals surface area contributed by atoms with E-state index in [1.165, 1.54) is 11.1 Å². The van der Waals surface area contributed by atoms with Crippen LogP contribution in [0.4, 0.5) is 0 Å². The van der Waals surface area contributed by atoms with Gasteiger partial charge in [0.25, 0.3) is 5.91 Å². The van der Waals surface area contributed by atoms with E-state index >= 15 is 0 Å². The number of aromatic nitrogens is 2. The first kappa shape index (κ1) is 19.8. The summed E-state index contributed by atoms with van der Waals surface area (Å²) < 4.78 is 6.00. The molecule has 6 nitrogen and oxygen atoms in total. The number of furan rings is 1. The molecule has 1 aliphatic rings. The summed E-state index contributed by atoms with van der Waals surface area (Å²) in [5.74, 6) is 1.07. The average Bonchev–Trinajstić information content (AvgIpc) is 3.51. The predicted octanol–water partition coefficient (Wildman–Crippen LogP) is 4.53. The largest absolute Gasteiger partial charge is 0.461 e. The molecule has 3 heterocycles. The van der Waals surface area contributed by atoms with Crippen molar-refractivity contribution >= 4 is 27.8 Å². The van der Waals surface area contributed by atoms with Gasteiger partial charge < -0.3 is 14.2 Å². The standard InChI is InChI=1S/C25H28N4O2/c1-17-21(9-12-28(2)16-18-5-7-23-20(13-18)15-26-27-23)22-14-19(6-8-24(22)31-17)25(30)29-10-3-4-11-29/h5-8,13-15H,3-4,9-12,16H2,1-2H3,(H,26,27). The van der Waals surface area contributed by atoms with E-state index < -0.39 is 0 Å². The van der Waals surface area contributed by atoms with Crippen molar-refractivity contribution in [1.29, 1.82) is 0 Å². The van der Waals surface area contributed by atoms with E-state index in [9.17, 15) is 4.79 Å². The Morgan fingerprint density at radius 2 is 2.03 bits per heavy atom. The van der Waals surface area contributed by atoms with E-state index in [-0.39, 0.29) is 5.91 Å². The van der Waals surface area contributed by atoms with Gasteiger partial charge in [-0.2, -0.15) is 5.10 Å². The van der Waals surface area contributed by atoms with Crippen LogP contribution in [0.2, 0.25) is 0 Å². The number of nitrogens with one attached hydrogen (secondary N) is 1. The number of likely N-dealkylation sites (N-methyl/N-ethyl adjacent to an activating group) is 1. The molecule has 0 bridgehead atoms. The third-order valence-corrected chi connectivity index (χ3v) is 6.33. The van der Waals surface area contributed by atoms with Crippen LogP contribution in [0, 0.1) is 6.92 Å². The lowest BCUT2D eigenvalue weighted by Crippen LogP contribution is -2.27. The lowest BCUT2D eigenvalue weighted by atomic mass is 10.0. The van der Waals surface area contributed by atoms with Gasteiger partial charge in [-0.15, -0.1) is 0 Å². The molecular formula is C25H28N4O2. The van der Waals surface area contributed by atoms with Crippen molar-refractivity contribution in [3.05, 3.63) is 65.0 Å². The Balaban J connectivity index is 1.31. The number of fused-ring (bicyclic) bond motifs is 2. The summed E-state index contributed by atoms with van der Waals surface area (Å²) in [5, 5.41) is 9.30. The summed E-state index contributed by atoms with van der Waals surface area (Å²) in [6.45, 7) is 5.52. The van der Waals surface area contributed by atoms with Crippen molar-refractivity contribution in [1.82, 2.24) is 20.0 Å². The van der Waals surface area contributed by atoms with Crippen LogP contribution in [0.3, 0.4) is 0 Å². The van der Waals surface area contributed by atoms with Crippen LogP contribution < -0.4 is 0 Å². The minimum Gasteiger partial charge on any atom is -0.461 e. The average molecular weight is 417 g/mol. The smallest absolute Gasteiger partial charge is 0.253 e. The maximum absolute atomic E-state index is 12.8. The van der Waals surface area contributed by atoms with Crippen LogP contribution in [0.5, 0.6) is 0 Å². The monoisotopic (exact) mass is 416 g/mol. The topological polar surface area (TPSA) is 65.4 Å². The summed E-state index contributed by atoms with van der Waals surface area (Å²) in [4.78, 5) is 17.1. The number of aromatic amines is 1. The Bertz CT molecular complexity index is 1230. The van der Waals surface area contributed by atoms with Gasteiger partial charge in [-0.3, -0.25) is 9.89 Å². The highest BCUT2D eigenvalue weighted by Gasteiger charge is 2.21. The molecule has 2 aromatic heterocycles. The van der Waals surface area contributed by atoms with Gasteiger partial charge in [0.05, 0.1) is 11.7 Å². The number of amides is 1. The molecule has 1 aliphatic heterocycles. The fourth-order valence-electron chi connectivity index (χ4n) is 4.60. The Labute approximate surface area is 181 Å². The number of H-pyrrole nitrogens is 1. The van der Waals surface area contributed by atoms with Gasteiger partial charge in [-0.1, -0.05) is 6.07 Å². The zero-order valence-electron chi connectivity index (χ0n) is 18.1. The van der Waals surface area contributed by atoms with Gasteiger partial charge in [0.2, 0.25) is 0 Å². The summed E-state index contributed by atoms with van der Waals surface area (Å²) >= 11 is 0. The number of hydrogen-bond acceptors (Lipinski definition) is 4. The van der Waals surface area contributed by atoms with Crippen molar-refractivity contribution in [2.75, 3.05) is 26.7 Å². The van der Waals surface area contributed by atoms with E-state index in [1.54, 1.807) is 0 Å². The first-order chi connectivity index (χ1) is 15.1. The van der Waals surface area contributed by atoms with Gasteiger partial charge in [-0.05, 0) is 69.1 Å². The molecule has 1 N–H and O–H groups in total. The summed E-state index contributed by atoms with van der Waals surface area (Å²) in [7, 11) is 2.14. The quantitative estimate of drug-likeness (QED) is 0.502. The molecule has 4 aromatic rings. The van der Waals surface area contributed by atoms with Gasteiger partial charge in [0.15, 0.2) is 0 Å². The summed E-state index contributed by atoms with van der Waals surface area (Å²) in [6.07, 6.45) is 4.94. The lowest BCUT2D eigenvalue weighted by Gasteiger charge is -2.17. The zero-order valence-corrected chi connectivity index (χ0v) is 18.1. The number of aryl methyl sites for hydroxylation is 1. The summed E-state index contributed by atoms with van der Waals surface area (Å²) in [6, 6.07) is 12.3. The van der Waals surface area contributed by atoms with Gasteiger partial charge >= 0.3 is 0 Å². The van der Waals surface area contributed by atoms with Crippen molar-refractivity contribution in [2.24, 2.45) is 0 Å². The van der Waals surface area contributed by atoms with E-state index in [4.69, 9.17) is 4.42 Å². The van der Waals surface area contributed by atoms with E-state index in [2.05, 4.69) is 40.3 Å². The van der Waals surface area contributed by atoms with Crippen molar-refractivity contribution < 1.29 is 9.21 Å². The number of carbonyl (C=O) groups is 1. The number of nitrogens with zero attached hydrogens (tertiary/aromatic N) is 3. The molecule has 0 radical (unpaired) electrons. The Morgan fingerprint density at radius 1 is 1.19 bits per heavy atom. The molecule has 2 aromatic carbocycles. The molecule has 0 unspecified atom stereocenters. The molecule has 1 saturated heterocycles. The number of hydrogen-bond donors (Lipinski definition) is 1. The normalized spacial score (nSPS) is 14.4. The van der Waals surface area contributed by atoms with Crippen molar-refractivity contribution in [2.45, 2.75) is 32.7 Å². The number of carbonyl (C=O) groups excluding carboxylic acids is 1. The van der Waals surface area contributed by atoms with E-state index in [0.29, 0.717) is 0 Å². The Hall–Kier alpha value is -3.12. The second kappa shape index (κ2) is 8.19. The zero-order chi connectivity index (χ0) is 21.4. The molecule has 31 heavy (non-hydrogen) atoms. The van der Waals surface area contributed by atoms with Crippen LogP contribution in [0.15, 0.2) is 47.0 Å². The van der Waals surface area contributed by atoms with Crippen LogP contribution in [-0.2, 0) is 13.0 Å². The highest BCUT2D eigenvalue weighted by molar-refractivity contribution is 5.98. The van der Waals surface area contributed by atoms with Crippen molar-refractivity contribution in [3.8, 4) is 0 Å². The third kappa shape index (κ3) is 3.95.